The summed E-state index contributed by atoms with van der Waals surface area (Å²) in [5.41, 5.74) is 2.66. The summed E-state index contributed by atoms with van der Waals surface area (Å²) < 4.78 is 0. The minimum Gasteiger partial charge on any atom is -0.336 e. The average molecular weight is 406 g/mol. The Kier molecular flexibility index (Phi) is 6.13. The van der Waals surface area contributed by atoms with Gasteiger partial charge >= 0.3 is 0 Å². The molecule has 0 atom stereocenters. The summed E-state index contributed by atoms with van der Waals surface area (Å²) in [6, 6.07) is 13.6. The highest BCUT2D eigenvalue weighted by atomic mass is 16.2. The van der Waals surface area contributed by atoms with Gasteiger partial charge in [0.1, 0.15) is 0 Å². The van der Waals surface area contributed by atoms with Crippen LogP contribution in [0.3, 0.4) is 0 Å². The number of benzene rings is 1. The molecule has 1 aliphatic heterocycles. The van der Waals surface area contributed by atoms with Gasteiger partial charge in [-0.2, -0.15) is 4.80 Å². The van der Waals surface area contributed by atoms with Crippen LogP contribution >= 0.6 is 0 Å². The van der Waals surface area contributed by atoms with Crippen LogP contribution in [0.15, 0.2) is 48.7 Å². The molecule has 3 aromatic rings. The lowest BCUT2D eigenvalue weighted by molar-refractivity contribution is 0.0638. The monoisotopic (exact) mass is 405 g/mol. The van der Waals surface area contributed by atoms with Gasteiger partial charge in [0.05, 0.1) is 6.04 Å². The van der Waals surface area contributed by atoms with Gasteiger partial charge in [-0.1, -0.05) is 18.2 Å². The molecule has 30 heavy (non-hydrogen) atoms. The Morgan fingerprint density at radius 3 is 2.43 bits per heavy atom. The molecule has 0 unspecified atom stereocenters. The van der Waals surface area contributed by atoms with Gasteiger partial charge in [-0.25, -0.2) is 0 Å². The number of amides is 1. The summed E-state index contributed by atoms with van der Waals surface area (Å²) in [5, 5.41) is 12.5. The van der Waals surface area contributed by atoms with E-state index in [4.69, 9.17) is 0 Å². The minimum absolute atomic E-state index is 0.0738. The maximum Gasteiger partial charge on any atom is 0.253 e. The fourth-order valence-corrected chi connectivity index (χ4v) is 3.50. The molecule has 4 rings (SSSR count). The number of carbonyl (C=O) groups is 1. The first-order valence-electron chi connectivity index (χ1n) is 10.4. The van der Waals surface area contributed by atoms with Crippen LogP contribution in [0.2, 0.25) is 0 Å². The van der Waals surface area contributed by atoms with Crippen LogP contribution in [-0.4, -0.2) is 73.6 Å². The van der Waals surface area contributed by atoms with Crippen molar-refractivity contribution in [2.75, 3.05) is 32.7 Å². The first-order chi connectivity index (χ1) is 14.6. The van der Waals surface area contributed by atoms with Crippen LogP contribution in [0.4, 0.5) is 0 Å². The highest BCUT2D eigenvalue weighted by Gasteiger charge is 2.22. The predicted molar refractivity (Wildman–Crippen MR) is 114 cm³/mol. The highest BCUT2D eigenvalue weighted by molar-refractivity contribution is 5.94. The number of pyridine rings is 1. The summed E-state index contributed by atoms with van der Waals surface area (Å²) in [5.74, 6) is 0.647. The second kappa shape index (κ2) is 9.13. The molecule has 8 heteroatoms. The molecule has 1 aromatic carbocycles. The Hall–Kier alpha value is -3.13. The quantitative estimate of drug-likeness (QED) is 0.626. The van der Waals surface area contributed by atoms with Crippen LogP contribution in [0.5, 0.6) is 0 Å². The molecule has 1 fully saturated rings. The zero-order chi connectivity index (χ0) is 20.9. The molecule has 3 heterocycles. The fraction of sp³-hybridized carbons (Fsp3) is 0.409. The zero-order valence-electron chi connectivity index (χ0n) is 17.5. The van der Waals surface area contributed by atoms with Crippen molar-refractivity contribution in [3.63, 3.8) is 0 Å². The number of aromatic nitrogens is 5. The molecule has 0 spiro atoms. The molecule has 0 aliphatic carbocycles. The Morgan fingerprint density at radius 2 is 1.80 bits per heavy atom. The molecule has 0 radical (unpaired) electrons. The van der Waals surface area contributed by atoms with Crippen molar-refractivity contribution in [1.82, 2.24) is 35.0 Å². The Bertz CT molecular complexity index is 961. The van der Waals surface area contributed by atoms with Gasteiger partial charge in [0, 0.05) is 62.2 Å². The number of piperazine rings is 1. The van der Waals surface area contributed by atoms with Gasteiger partial charge in [0.15, 0.2) is 0 Å². The molecule has 8 nitrogen and oxygen atoms in total. The topological polar surface area (TPSA) is 80.0 Å². The van der Waals surface area contributed by atoms with E-state index in [1.165, 1.54) is 0 Å². The van der Waals surface area contributed by atoms with E-state index in [2.05, 4.69) is 31.4 Å². The van der Waals surface area contributed by atoms with E-state index in [1.807, 2.05) is 61.3 Å². The molecule has 0 bridgehead atoms. The SMILES string of the molecule is CC(C)n1nnc(-c2ccc(C(=O)N3CCN(CCc4ccccn4)CC3)cc2)n1. The third-order valence-corrected chi connectivity index (χ3v) is 5.35. The van der Waals surface area contributed by atoms with Crippen molar-refractivity contribution >= 4 is 5.91 Å². The largest absolute Gasteiger partial charge is 0.336 e. The number of hydrogen-bond donors (Lipinski definition) is 0. The molecule has 0 saturated carbocycles. The molecule has 1 amide bonds. The van der Waals surface area contributed by atoms with Gasteiger partial charge in [-0.3, -0.25) is 14.7 Å². The van der Waals surface area contributed by atoms with Crippen molar-refractivity contribution in [1.29, 1.82) is 0 Å². The van der Waals surface area contributed by atoms with Crippen LogP contribution in [0.25, 0.3) is 11.4 Å². The summed E-state index contributed by atoms with van der Waals surface area (Å²) in [6.45, 7) is 8.24. The number of nitrogens with zero attached hydrogens (tertiary/aromatic N) is 7. The maximum atomic E-state index is 12.9. The summed E-state index contributed by atoms with van der Waals surface area (Å²) in [4.78, 5) is 23.2. The Morgan fingerprint density at radius 1 is 1.03 bits per heavy atom. The Labute approximate surface area is 176 Å². The third-order valence-electron chi connectivity index (χ3n) is 5.35. The molecule has 2 aromatic heterocycles. The van der Waals surface area contributed by atoms with Gasteiger partial charge in [-0.05, 0) is 43.3 Å². The standard InChI is InChI=1S/C22H27N7O/c1-17(2)29-25-21(24-26-29)18-6-8-19(9-7-18)22(30)28-15-13-27(14-16-28)12-10-20-5-3-4-11-23-20/h3-9,11,17H,10,12-16H2,1-2H3. The van der Waals surface area contributed by atoms with Gasteiger partial charge in [0.2, 0.25) is 5.82 Å². The van der Waals surface area contributed by atoms with Crippen molar-refractivity contribution in [2.24, 2.45) is 0 Å². The van der Waals surface area contributed by atoms with Gasteiger partial charge in [-0.15, -0.1) is 10.2 Å². The van der Waals surface area contributed by atoms with Crippen LogP contribution in [0, 0.1) is 0 Å². The molecule has 0 N–H and O–H groups in total. The van der Waals surface area contributed by atoms with Crippen molar-refractivity contribution < 1.29 is 4.79 Å². The zero-order valence-corrected chi connectivity index (χ0v) is 17.5. The van der Waals surface area contributed by atoms with Crippen molar-refractivity contribution in [3.8, 4) is 11.4 Å². The van der Waals surface area contributed by atoms with E-state index in [9.17, 15) is 4.79 Å². The lowest BCUT2D eigenvalue weighted by Crippen LogP contribution is -2.49. The highest BCUT2D eigenvalue weighted by Crippen LogP contribution is 2.17. The molecular weight excluding hydrogens is 378 g/mol. The number of tetrazole rings is 1. The van der Waals surface area contributed by atoms with E-state index in [-0.39, 0.29) is 11.9 Å². The molecular formula is C22H27N7O. The van der Waals surface area contributed by atoms with Gasteiger partial charge in [0.25, 0.3) is 5.91 Å². The first kappa shape index (κ1) is 20.2. The van der Waals surface area contributed by atoms with Crippen LogP contribution in [-0.2, 0) is 6.42 Å². The van der Waals surface area contributed by atoms with Crippen molar-refractivity contribution in [3.05, 3.63) is 59.9 Å². The minimum atomic E-state index is 0.0738. The first-order valence-corrected chi connectivity index (χ1v) is 10.4. The average Bonchev–Trinajstić information content (AvgIpc) is 3.29. The van der Waals surface area contributed by atoms with Crippen LogP contribution < -0.4 is 0 Å². The molecule has 156 valence electrons. The predicted octanol–water partition coefficient (Wildman–Crippen LogP) is 2.32. The summed E-state index contributed by atoms with van der Waals surface area (Å²) in [7, 11) is 0. The van der Waals surface area contributed by atoms with Crippen LogP contribution in [0.1, 0.15) is 35.9 Å². The Balaban J connectivity index is 1.30. The van der Waals surface area contributed by atoms with Crippen molar-refractivity contribution in [2.45, 2.75) is 26.3 Å². The smallest absolute Gasteiger partial charge is 0.253 e. The molecule has 1 aliphatic rings. The van der Waals surface area contributed by atoms with E-state index >= 15 is 0 Å². The van der Waals surface area contributed by atoms with E-state index in [0.717, 1.165) is 50.4 Å². The lowest BCUT2D eigenvalue weighted by Gasteiger charge is -2.34. The van der Waals surface area contributed by atoms with E-state index in [0.29, 0.717) is 11.4 Å². The second-order valence-electron chi connectivity index (χ2n) is 7.81. The molecule has 1 saturated heterocycles. The normalized spacial score (nSPS) is 15.0. The number of rotatable bonds is 6. The number of hydrogen-bond acceptors (Lipinski definition) is 6. The summed E-state index contributed by atoms with van der Waals surface area (Å²) in [6.07, 6.45) is 2.77. The van der Waals surface area contributed by atoms with E-state index < -0.39 is 0 Å². The van der Waals surface area contributed by atoms with E-state index in [1.54, 1.807) is 4.80 Å². The maximum absolute atomic E-state index is 12.9. The second-order valence-corrected chi connectivity index (χ2v) is 7.81. The van der Waals surface area contributed by atoms with Gasteiger partial charge < -0.3 is 4.90 Å². The third kappa shape index (κ3) is 4.71. The summed E-state index contributed by atoms with van der Waals surface area (Å²) >= 11 is 0. The fourth-order valence-electron chi connectivity index (χ4n) is 3.50. The lowest BCUT2D eigenvalue weighted by atomic mass is 10.1. The number of carbonyl (C=O) groups excluding carboxylic acids is 1.